The zero-order chi connectivity index (χ0) is 8.20. The van der Waals surface area contributed by atoms with E-state index in [0.717, 1.165) is 0 Å². The molecule has 0 amide bonds. The first kappa shape index (κ1) is 9.69. The zero-order valence-corrected chi connectivity index (χ0v) is 8.23. The molecule has 10 heavy (non-hydrogen) atoms. The third-order valence-electron chi connectivity index (χ3n) is 0.955. The minimum atomic E-state index is -1.18. The van der Waals surface area contributed by atoms with Crippen LogP contribution in [0.1, 0.15) is 13.3 Å². The Morgan fingerprint density at radius 2 is 1.90 bits per heavy atom. The predicted octanol–water partition coefficient (Wildman–Crippen LogP) is 1.82. The van der Waals surface area contributed by atoms with Crippen LogP contribution in [0.4, 0.5) is 0 Å². The van der Waals surface area contributed by atoms with E-state index >= 15 is 0 Å². The number of hydrogen-bond donors (Lipinski definition) is 0. The second-order valence-electron chi connectivity index (χ2n) is 3.57. The molecule has 0 saturated carbocycles. The number of carbonyl (C=O) groups is 1. The molecule has 3 heteroatoms. The van der Waals surface area contributed by atoms with Crippen LogP contribution in [-0.2, 0) is 9.53 Å². The van der Waals surface area contributed by atoms with Gasteiger partial charge in [-0.05, 0) is 0 Å². The molecule has 0 radical (unpaired) electrons. The van der Waals surface area contributed by atoms with Crippen molar-refractivity contribution in [1.29, 1.82) is 0 Å². The maximum Gasteiger partial charge on any atom is 0.305 e. The van der Waals surface area contributed by atoms with E-state index in [9.17, 15) is 4.79 Å². The van der Waals surface area contributed by atoms with Crippen LogP contribution in [0.3, 0.4) is 0 Å². The molecule has 0 atom stereocenters. The zero-order valence-electron chi connectivity index (χ0n) is 7.23. The van der Waals surface area contributed by atoms with Gasteiger partial charge in [-0.2, -0.15) is 0 Å². The molecule has 0 heterocycles. The van der Waals surface area contributed by atoms with E-state index in [1.54, 1.807) is 0 Å². The standard InChI is InChI=1S/C7H16O2Si/c1-5-7(8)9-6-10(2,3)4/h5-6H2,1-4H3. The van der Waals surface area contributed by atoms with Gasteiger partial charge in [0.05, 0.1) is 14.3 Å². The van der Waals surface area contributed by atoms with E-state index in [1.807, 2.05) is 6.92 Å². The fourth-order valence-corrected chi connectivity index (χ4v) is 0.993. The molecule has 0 spiro atoms. The van der Waals surface area contributed by atoms with Crippen LogP contribution in [0.5, 0.6) is 0 Å². The summed E-state index contributed by atoms with van der Waals surface area (Å²) < 4.78 is 4.98. The largest absolute Gasteiger partial charge is 0.469 e. The first-order chi connectivity index (χ1) is 4.45. The lowest BCUT2D eigenvalue weighted by molar-refractivity contribution is -0.141. The first-order valence-electron chi connectivity index (χ1n) is 3.61. The minimum absolute atomic E-state index is 0.0811. The summed E-state index contributed by atoms with van der Waals surface area (Å²) in [5, 5.41) is 0. The summed E-state index contributed by atoms with van der Waals surface area (Å²) in [4.78, 5) is 10.7. The highest BCUT2D eigenvalue weighted by Crippen LogP contribution is 2.00. The van der Waals surface area contributed by atoms with Crippen LogP contribution in [0.15, 0.2) is 0 Å². The molecule has 0 rings (SSSR count). The first-order valence-corrected chi connectivity index (χ1v) is 7.32. The maximum atomic E-state index is 10.7. The Labute approximate surface area is 63.6 Å². The lowest BCUT2D eigenvalue weighted by atomic mass is 10.5. The van der Waals surface area contributed by atoms with E-state index in [4.69, 9.17) is 4.74 Å². The molecule has 0 aromatic carbocycles. The summed E-state index contributed by atoms with van der Waals surface area (Å²) in [5.74, 6) is -0.0811. The maximum absolute atomic E-state index is 10.7. The van der Waals surface area contributed by atoms with Gasteiger partial charge in [-0.25, -0.2) is 0 Å². The minimum Gasteiger partial charge on any atom is -0.469 e. The Kier molecular flexibility index (Phi) is 3.64. The van der Waals surface area contributed by atoms with Crippen LogP contribution in [0, 0.1) is 0 Å². The summed E-state index contributed by atoms with van der Waals surface area (Å²) >= 11 is 0. The summed E-state index contributed by atoms with van der Waals surface area (Å²) in [5.41, 5.74) is 0. The summed E-state index contributed by atoms with van der Waals surface area (Å²) in [6.45, 7) is 8.34. The van der Waals surface area contributed by atoms with Crippen molar-refractivity contribution in [3.8, 4) is 0 Å². The highest BCUT2D eigenvalue weighted by atomic mass is 28.3. The Morgan fingerprint density at radius 3 is 2.20 bits per heavy atom. The van der Waals surface area contributed by atoms with E-state index in [1.165, 1.54) is 0 Å². The molecule has 0 fully saturated rings. The number of rotatable bonds is 3. The average Bonchev–Trinajstić information content (AvgIpc) is 1.81. The van der Waals surface area contributed by atoms with Gasteiger partial charge in [0, 0.05) is 6.42 Å². The van der Waals surface area contributed by atoms with Crippen LogP contribution in [0.25, 0.3) is 0 Å². The lowest BCUT2D eigenvalue weighted by Crippen LogP contribution is -2.29. The van der Waals surface area contributed by atoms with Crippen LogP contribution in [0.2, 0.25) is 19.6 Å². The Balaban J connectivity index is 3.46. The smallest absolute Gasteiger partial charge is 0.305 e. The van der Waals surface area contributed by atoms with Gasteiger partial charge in [0.2, 0.25) is 0 Å². The molecule has 0 aromatic rings. The molecule has 0 aromatic heterocycles. The fourth-order valence-electron chi connectivity index (χ4n) is 0.399. The van der Waals surface area contributed by atoms with E-state index in [-0.39, 0.29) is 5.97 Å². The normalized spacial score (nSPS) is 11.2. The SMILES string of the molecule is CCC(=O)OC[Si](C)(C)C. The molecule has 2 nitrogen and oxygen atoms in total. The van der Waals surface area contributed by atoms with Gasteiger partial charge in [0.1, 0.15) is 0 Å². The van der Waals surface area contributed by atoms with Crippen LogP contribution in [-0.4, -0.2) is 20.3 Å². The second-order valence-corrected chi connectivity index (χ2v) is 8.98. The Hall–Kier alpha value is -0.313. The average molecular weight is 160 g/mol. The van der Waals surface area contributed by atoms with Crippen molar-refractivity contribution in [3.05, 3.63) is 0 Å². The van der Waals surface area contributed by atoms with Crippen molar-refractivity contribution >= 4 is 14.0 Å². The van der Waals surface area contributed by atoms with Crippen molar-refractivity contribution < 1.29 is 9.53 Å². The third-order valence-corrected chi connectivity index (χ3v) is 1.97. The van der Waals surface area contributed by atoms with Crippen LogP contribution < -0.4 is 0 Å². The van der Waals surface area contributed by atoms with E-state index in [0.29, 0.717) is 12.7 Å². The van der Waals surface area contributed by atoms with E-state index in [2.05, 4.69) is 19.6 Å². The quantitative estimate of drug-likeness (QED) is 0.465. The number of carbonyl (C=O) groups excluding carboxylic acids is 1. The molecular formula is C7H16O2Si. The van der Waals surface area contributed by atoms with Crippen molar-refractivity contribution in [2.45, 2.75) is 33.0 Å². The van der Waals surface area contributed by atoms with E-state index < -0.39 is 8.07 Å². The predicted molar refractivity (Wildman–Crippen MR) is 44.6 cm³/mol. The molecule has 0 aliphatic rings. The molecule has 0 saturated heterocycles. The second kappa shape index (κ2) is 3.76. The highest BCUT2D eigenvalue weighted by Gasteiger charge is 2.14. The Bertz CT molecular complexity index is 115. The number of ether oxygens (including phenoxy) is 1. The van der Waals surface area contributed by atoms with Gasteiger partial charge in [-0.3, -0.25) is 4.79 Å². The van der Waals surface area contributed by atoms with Crippen molar-refractivity contribution in [1.82, 2.24) is 0 Å². The van der Waals surface area contributed by atoms with Crippen molar-refractivity contribution in [3.63, 3.8) is 0 Å². The number of hydrogen-bond acceptors (Lipinski definition) is 2. The van der Waals surface area contributed by atoms with Gasteiger partial charge in [-0.1, -0.05) is 26.6 Å². The summed E-state index contributed by atoms with van der Waals surface area (Å²) in [7, 11) is -1.18. The topological polar surface area (TPSA) is 26.3 Å². The highest BCUT2D eigenvalue weighted by molar-refractivity contribution is 6.76. The number of esters is 1. The van der Waals surface area contributed by atoms with Gasteiger partial charge in [0.15, 0.2) is 0 Å². The molecule has 60 valence electrons. The molecular weight excluding hydrogens is 144 g/mol. The molecule has 0 N–H and O–H groups in total. The Morgan fingerprint density at radius 1 is 1.40 bits per heavy atom. The molecule has 0 unspecified atom stereocenters. The van der Waals surface area contributed by atoms with Gasteiger partial charge >= 0.3 is 5.97 Å². The van der Waals surface area contributed by atoms with Crippen molar-refractivity contribution in [2.75, 3.05) is 6.23 Å². The van der Waals surface area contributed by atoms with Gasteiger partial charge < -0.3 is 4.74 Å². The van der Waals surface area contributed by atoms with Gasteiger partial charge in [-0.15, -0.1) is 0 Å². The molecule has 0 aliphatic carbocycles. The summed E-state index contributed by atoms with van der Waals surface area (Å²) in [6, 6.07) is 0. The third kappa shape index (κ3) is 5.82. The van der Waals surface area contributed by atoms with Crippen LogP contribution >= 0.6 is 0 Å². The lowest BCUT2D eigenvalue weighted by Gasteiger charge is -2.14. The monoisotopic (exact) mass is 160 g/mol. The van der Waals surface area contributed by atoms with Gasteiger partial charge in [0.25, 0.3) is 0 Å². The molecule has 0 bridgehead atoms. The summed E-state index contributed by atoms with van der Waals surface area (Å²) in [6.07, 6.45) is 1.14. The van der Waals surface area contributed by atoms with Crippen molar-refractivity contribution in [2.24, 2.45) is 0 Å². The molecule has 0 aliphatic heterocycles. The fraction of sp³-hybridized carbons (Fsp3) is 0.857.